The molecule has 5 heteroatoms. The van der Waals surface area contributed by atoms with Crippen LogP contribution in [0.15, 0.2) is 24.3 Å². The van der Waals surface area contributed by atoms with Crippen molar-refractivity contribution in [2.45, 2.75) is 26.3 Å². The Balaban J connectivity index is 2.87. The molecule has 90 valence electrons. The molecule has 0 fully saturated rings. The number of aliphatic hydroxyl groups excluding tert-OH is 1. The van der Waals surface area contributed by atoms with Crippen LogP contribution in [-0.2, 0) is 0 Å². The number of hydrogen-bond donors (Lipinski definition) is 1. The first-order valence-electron chi connectivity index (χ1n) is 4.83. The molecule has 0 saturated heterocycles. The number of aliphatic hydroxyl groups is 1. The van der Waals surface area contributed by atoms with E-state index < -0.39 is 12.5 Å². The zero-order valence-electron chi connectivity index (χ0n) is 8.95. The molecule has 0 aliphatic rings. The summed E-state index contributed by atoms with van der Waals surface area (Å²) in [5.74, 6) is -0.383. The predicted octanol–water partition coefficient (Wildman–Crippen LogP) is 3.27. The second-order valence-electron chi connectivity index (χ2n) is 3.81. The minimum Gasteiger partial charge on any atom is -0.406 e. The van der Waals surface area contributed by atoms with Crippen molar-refractivity contribution in [1.29, 1.82) is 0 Å². The third kappa shape index (κ3) is 3.73. The fourth-order valence-corrected chi connectivity index (χ4v) is 1.28. The molecule has 0 spiro atoms. The first-order chi connectivity index (χ1) is 7.29. The molecule has 0 bridgehead atoms. The van der Waals surface area contributed by atoms with Gasteiger partial charge in [-0.3, -0.25) is 0 Å². The van der Waals surface area contributed by atoms with E-state index in [9.17, 15) is 18.3 Å². The van der Waals surface area contributed by atoms with Gasteiger partial charge in [0.2, 0.25) is 0 Å². The molecule has 1 atom stereocenters. The highest BCUT2D eigenvalue weighted by Crippen LogP contribution is 2.27. The summed E-state index contributed by atoms with van der Waals surface area (Å²) in [5.41, 5.74) is 0.414. The predicted molar refractivity (Wildman–Crippen MR) is 52.9 cm³/mol. The van der Waals surface area contributed by atoms with E-state index in [2.05, 4.69) is 4.74 Å². The Labute approximate surface area is 91.7 Å². The first-order valence-corrected chi connectivity index (χ1v) is 4.83. The van der Waals surface area contributed by atoms with Crippen molar-refractivity contribution >= 4 is 0 Å². The van der Waals surface area contributed by atoms with Crippen molar-refractivity contribution in [3.05, 3.63) is 29.8 Å². The topological polar surface area (TPSA) is 29.5 Å². The summed E-state index contributed by atoms with van der Waals surface area (Å²) >= 11 is 0. The van der Waals surface area contributed by atoms with Crippen molar-refractivity contribution in [3.8, 4) is 5.75 Å². The molecule has 0 radical (unpaired) electrons. The Morgan fingerprint density at radius 2 is 1.88 bits per heavy atom. The number of halogens is 3. The first kappa shape index (κ1) is 12.8. The van der Waals surface area contributed by atoms with Crippen LogP contribution in [0.3, 0.4) is 0 Å². The van der Waals surface area contributed by atoms with E-state index in [1.165, 1.54) is 18.2 Å². The zero-order valence-corrected chi connectivity index (χ0v) is 8.95. The third-order valence-corrected chi connectivity index (χ3v) is 2.06. The average Bonchev–Trinajstić information content (AvgIpc) is 2.14. The van der Waals surface area contributed by atoms with Crippen LogP contribution in [0.2, 0.25) is 0 Å². The van der Waals surface area contributed by atoms with E-state index in [4.69, 9.17) is 0 Å². The van der Waals surface area contributed by atoms with Gasteiger partial charge in [0.25, 0.3) is 0 Å². The second-order valence-corrected chi connectivity index (χ2v) is 3.81. The van der Waals surface area contributed by atoms with Crippen LogP contribution in [0, 0.1) is 5.92 Å². The molecule has 0 heterocycles. The molecule has 16 heavy (non-hydrogen) atoms. The third-order valence-electron chi connectivity index (χ3n) is 2.06. The quantitative estimate of drug-likeness (QED) is 0.869. The largest absolute Gasteiger partial charge is 0.573 e. The Kier molecular flexibility index (Phi) is 3.80. The van der Waals surface area contributed by atoms with Crippen LogP contribution in [0.4, 0.5) is 13.2 Å². The van der Waals surface area contributed by atoms with Crippen LogP contribution in [-0.4, -0.2) is 11.5 Å². The maximum absolute atomic E-state index is 11.9. The summed E-state index contributed by atoms with van der Waals surface area (Å²) in [7, 11) is 0. The molecule has 1 unspecified atom stereocenters. The van der Waals surface area contributed by atoms with Crippen LogP contribution in [0.1, 0.15) is 25.5 Å². The number of ether oxygens (including phenoxy) is 1. The Bertz CT molecular complexity index is 347. The van der Waals surface area contributed by atoms with Gasteiger partial charge in [-0.1, -0.05) is 26.0 Å². The second kappa shape index (κ2) is 4.74. The number of rotatable bonds is 3. The van der Waals surface area contributed by atoms with E-state index in [0.29, 0.717) is 5.56 Å². The van der Waals surface area contributed by atoms with E-state index in [0.717, 1.165) is 0 Å². The van der Waals surface area contributed by atoms with Gasteiger partial charge in [-0.05, 0) is 23.6 Å². The molecule has 1 aromatic carbocycles. The smallest absolute Gasteiger partial charge is 0.406 e. The molecule has 0 saturated carbocycles. The molecule has 0 aromatic heterocycles. The van der Waals surface area contributed by atoms with Gasteiger partial charge in [-0.25, -0.2) is 0 Å². The van der Waals surface area contributed by atoms with Crippen LogP contribution >= 0.6 is 0 Å². The normalized spacial score (nSPS) is 13.9. The molecular weight excluding hydrogens is 221 g/mol. The van der Waals surface area contributed by atoms with Gasteiger partial charge in [0.05, 0.1) is 6.10 Å². The fourth-order valence-electron chi connectivity index (χ4n) is 1.28. The molecular formula is C11H13F3O2. The fraction of sp³-hybridized carbons (Fsp3) is 0.455. The molecule has 1 N–H and O–H groups in total. The van der Waals surface area contributed by atoms with E-state index >= 15 is 0 Å². The average molecular weight is 234 g/mol. The van der Waals surface area contributed by atoms with Gasteiger partial charge in [0.15, 0.2) is 0 Å². The SMILES string of the molecule is CC(C)C(O)c1cccc(OC(F)(F)F)c1. The Morgan fingerprint density at radius 3 is 2.38 bits per heavy atom. The molecule has 0 amide bonds. The minimum atomic E-state index is -4.71. The van der Waals surface area contributed by atoms with Gasteiger partial charge < -0.3 is 9.84 Å². The van der Waals surface area contributed by atoms with E-state index in [1.807, 2.05) is 0 Å². The number of benzene rings is 1. The summed E-state index contributed by atoms with van der Waals surface area (Å²) in [5, 5.41) is 9.68. The molecule has 0 aliphatic heterocycles. The monoisotopic (exact) mass is 234 g/mol. The number of alkyl halides is 3. The van der Waals surface area contributed by atoms with Gasteiger partial charge >= 0.3 is 6.36 Å². The van der Waals surface area contributed by atoms with Crippen molar-refractivity contribution in [2.24, 2.45) is 5.92 Å². The Hall–Kier alpha value is -1.23. The lowest BCUT2D eigenvalue weighted by atomic mass is 9.99. The summed E-state index contributed by atoms with van der Waals surface area (Å²) in [6.07, 6.45) is -5.50. The Morgan fingerprint density at radius 1 is 1.25 bits per heavy atom. The maximum atomic E-state index is 11.9. The lowest BCUT2D eigenvalue weighted by Crippen LogP contribution is -2.17. The summed E-state index contributed by atoms with van der Waals surface area (Å²) in [6.45, 7) is 3.56. The van der Waals surface area contributed by atoms with Crippen molar-refractivity contribution in [3.63, 3.8) is 0 Å². The number of hydrogen-bond acceptors (Lipinski definition) is 2. The summed E-state index contributed by atoms with van der Waals surface area (Å²) in [4.78, 5) is 0. The molecule has 2 nitrogen and oxygen atoms in total. The van der Waals surface area contributed by atoms with Crippen molar-refractivity contribution < 1.29 is 23.0 Å². The summed E-state index contributed by atoms with van der Waals surface area (Å²) in [6, 6.07) is 5.37. The molecule has 1 rings (SSSR count). The standard InChI is InChI=1S/C11H13F3O2/c1-7(2)10(15)8-4-3-5-9(6-8)16-11(12,13)14/h3-7,10,15H,1-2H3. The molecule has 1 aromatic rings. The zero-order chi connectivity index (χ0) is 12.3. The van der Waals surface area contributed by atoms with Gasteiger partial charge in [-0.2, -0.15) is 0 Å². The maximum Gasteiger partial charge on any atom is 0.573 e. The highest BCUT2D eigenvalue weighted by Gasteiger charge is 2.31. The lowest BCUT2D eigenvalue weighted by molar-refractivity contribution is -0.274. The van der Waals surface area contributed by atoms with Crippen molar-refractivity contribution in [1.82, 2.24) is 0 Å². The van der Waals surface area contributed by atoms with Gasteiger partial charge in [-0.15, -0.1) is 13.2 Å². The van der Waals surface area contributed by atoms with Gasteiger partial charge in [0, 0.05) is 0 Å². The highest BCUT2D eigenvalue weighted by atomic mass is 19.4. The van der Waals surface area contributed by atoms with Crippen LogP contribution in [0.25, 0.3) is 0 Å². The van der Waals surface area contributed by atoms with Gasteiger partial charge in [0.1, 0.15) is 5.75 Å². The van der Waals surface area contributed by atoms with E-state index in [-0.39, 0.29) is 11.7 Å². The van der Waals surface area contributed by atoms with Crippen LogP contribution < -0.4 is 4.74 Å². The minimum absolute atomic E-state index is 0.0684. The summed E-state index contributed by atoms with van der Waals surface area (Å²) < 4.78 is 39.6. The lowest BCUT2D eigenvalue weighted by Gasteiger charge is -2.16. The van der Waals surface area contributed by atoms with Crippen molar-refractivity contribution in [2.75, 3.05) is 0 Å². The molecule has 0 aliphatic carbocycles. The van der Waals surface area contributed by atoms with Crippen LogP contribution in [0.5, 0.6) is 5.75 Å². The highest BCUT2D eigenvalue weighted by molar-refractivity contribution is 5.30. The van der Waals surface area contributed by atoms with E-state index in [1.54, 1.807) is 19.9 Å².